The number of alkyl halides is 12. The van der Waals surface area contributed by atoms with E-state index >= 15 is 0 Å². The summed E-state index contributed by atoms with van der Waals surface area (Å²) in [7, 11) is 0. The normalized spacial score (nSPS) is 13.6. The fourth-order valence-electron chi connectivity index (χ4n) is 4.43. The van der Waals surface area contributed by atoms with Gasteiger partial charge in [0.2, 0.25) is 0 Å². The number of rotatable bonds is 3. The largest absolute Gasteiger partial charge is 0.416 e. The van der Waals surface area contributed by atoms with Crippen molar-refractivity contribution in [1.82, 2.24) is 4.98 Å². The fourth-order valence-corrected chi connectivity index (χ4v) is 4.43. The molecule has 14 heteroatoms. The summed E-state index contributed by atoms with van der Waals surface area (Å²) < 4.78 is 161. The van der Waals surface area contributed by atoms with Crippen molar-refractivity contribution in [2.75, 3.05) is 5.73 Å². The molecule has 4 aromatic rings. The van der Waals surface area contributed by atoms with E-state index in [1.54, 1.807) is 0 Å². The van der Waals surface area contributed by atoms with Crippen molar-refractivity contribution in [1.29, 1.82) is 0 Å². The Morgan fingerprint density at radius 1 is 0.643 bits per heavy atom. The second kappa shape index (κ2) is 10.2. The van der Waals surface area contributed by atoms with E-state index in [1.807, 2.05) is 0 Å². The molecule has 0 bridgehead atoms. The van der Waals surface area contributed by atoms with Gasteiger partial charge in [-0.15, -0.1) is 0 Å². The molecule has 0 aliphatic heterocycles. The lowest BCUT2D eigenvalue weighted by Crippen LogP contribution is -2.12. The van der Waals surface area contributed by atoms with Gasteiger partial charge in [-0.05, 0) is 71.7 Å². The molecule has 1 aromatic heterocycles. The standard InChI is InChI=1S/C28H16F12N2/c1-2-19(13-7-15(25(29,30)31)11-16(8-13)26(32,33)34)21-3-4-22-20(5-6-42-24(22)23(21)41)14-9-17(27(35,36)37)12-18(10-14)28(38,39)40/h2-12H,41H2,1H3/b19-2-. The summed E-state index contributed by atoms with van der Waals surface area (Å²) in [5, 5.41) is -0.0123. The maximum absolute atomic E-state index is 13.4. The number of hydrogen-bond acceptors (Lipinski definition) is 2. The summed E-state index contributed by atoms with van der Waals surface area (Å²) >= 11 is 0. The van der Waals surface area contributed by atoms with E-state index in [-0.39, 0.29) is 45.4 Å². The maximum atomic E-state index is 13.4. The third kappa shape index (κ3) is 6.02. The minimum absolute atomic E-state index is 0.0123. The summed E-state index contributed by atoms with van der Waals surface area (Å²) in [6.07, 6.45) is -18.2. The number of nitrogens with zero attached hydrogens (tertiary/aromatic N) is 1. The van der Waals surface area contributed by atoms with Crippen LogP contribution in [0, 0.1) is 0 Å². The highest BCUT2D eigenvalue weighted by molar-refractivity contribution is 6.04. The highest BCUT2D eigenvalue weighted by Gasteiger charge is 2.38. The zero-order chi connectivity index (χ0) is 31.4. The lowest BCUT2D eigenvalue weighted by atomic mass is 9.90. The van der Waals surface area contributed by atoms with Gasteiger partial charge in [0.05, 0.1) is 33.5 Å². The lowest BCUT2D eigenvalue weighted by molar-refractivity contribution is -0.144. The Labute approximate surface area is 229 Å². The van der Waals surface area contributed by atoms with E-state index in [0.29, 0.717) is 24.3 Å². The van der Waals surface area contributed by atoms with Gasteiger partial charge in [-0.3, -0.25) is 4.98 Å². The van der Waals surface area contributed by atoms with E-state index in [1.165, 1.54) is 25.1 Å². The lowest BCUT2D eigenvalue weighted by Gasteiger charge is -2.18. The fraction of sp³-hybridized carbons (Fsp3) is 0.179. The second-order valence-electron chi connectivity index (χ2n) is 9.07. The number of allylic oxidation sites excluding steroid dienone is 1. The predicted octanol–water partition coefficient (Wildman–Crippen LogP) is 10.0. The maximum Gasteiger partial charge on any atom is 0.416 e. The minimum Gasteiger partial charge on any atom is -0.396 e. The molecule has 0 fully saturated rings. The average molecular weight is 608 g/mol. The molecule has 42 heavy (non-hydrogen) atoms. The van der Waals surface area contributed by atoms with E-state index in [4.69, 9.17) is 5.73 Å². The van der Waals surface area contributed by atoms with Crippen LogP contribution in [0.15, 0.2) is 66.9 Å². The molecule has 0 atom stereocenters. The molecule has 0 spiro atoms. The first-order valence-electron chi connectivity index (χ1n) is 11.7. The van der Waals surface area contributed by atoms with Gasteiger partial charge < -0.3 is 5.73 Å². The Kier molecular flexibility index (Phi) is 7.49. The quantitative estimate of drug-likeness (QED) is 0.186. The van der Waals surface area contributed by atoms with Gasteiger partial charge in [0.1, 0.15) is 0 Å². The molecule has 0 aliphatic rings. The minimum atomic E-state index is -5.12. The first-order chi connectivity index (χ1) is 19.2. The van der Waals surface area contributed by atoms with E-state index in [9.17, 15) is 52.7 Å². The van der Waals surface area contributed by atoms with Gasteiger partial charge in [-0.2, -0.15) is 52.7 Å². The number of anilines is 1. The first-order valence-corrected chi connectivity index (χ1v) is 11.7. The molecule has 222 valence electrons. The smallest absolute Gasteiger partial charge is 0.396 e. The molecule has 0 saturated carbocycles. The number of hydrogen-bond donors (Lipinski definition) is 1. The van der Waals surface area contributed by atoms with Crippen LogP contribution >= 0.6 is 0 Å². The van der Waals surface area contributed by atoms with Crippen molar-refractivity contribution in [2.24, 2.45) is 0 Å². The molecule has 0 aliphatic carbocycles. The highest BCUT2D eigenvalue weighted by Crippen LogP contribution is 2.43. The number of nitrogen functional groups attached to an aromatic ring is 1. The molecule has 0 amide bonds. The molecule has 1 heterocycles. The average Bonchev–Trinajstić information content (AvgIpc) is 2.87. The molecule has 0 saturated heterocycles. The molecule has 2 N–H and O–H groups in total. The monoisotopic (exact) mass is 608 g/mol. The number of nitrogens with two attached hydrogens (primary N) is 1. The van der Waals surface area contributed by atoms with Gasteiger partial charge >= 0.3 is 24.7 Å². The van der Waals surface area contributed by atoms with E-state index in [0.717, 1.165) is 12.3 Å². The van der Waals surface area contributed by atoms with Crippen LogP contribution in [0.25, 0.3) is 27.6 Å². The number of benzene rings is 3. The van der Waals surface area contributed by atoms with Gasteiger partial charge in [-0.1, -0.05) is 18.2 Å². The predicted molar refractivity (Wildman–Crippen MR) is 131 cm³/mol. The number of aromatic nitrogens is 1. The van der Waals surface area contributed by atoms with Crippen LogP contribution in [0.2, 0.25) is 0 Å². The first kappa shape index (κ1) is 30.7. The summed E-state index contributed by atoms with van der Waals surface area (Å²) in [6, 6.07) is 5.47. The molecule has 0 radical (unpaired) electrons. The third-order valence-corrected chi connectivity index (χ3v) is 6.33. The van der Waals surface area contributed by atoms with Crippen molar-refractivity contribution < 1.29 is 52.7 Å². The second-order valence-corrected chi connectivity index (χ2v) is 9.07. The van der Waals surface area contributed by atoms with Crippen LogP contribution in [0.4, 0.5) is 58.4 Å². The number of halogens is 12. The van der Waals surface area contributed by atoms with Crippen LogP contribution in [0.3, 0.4) is 0 Å². The summed E-state index contributed by atoms with van der Waals surface area (Å²) in [4.78, 5) is 4.04. The van der Waals surface area contributed by atoms with E-state index < -0.39 is 58.1 Å². The molecular formula is C28H16F12N2. The van der Waals surface area contributed by atoms with Crippen molar-refractivity contribution in [2.45, 2.75) is 31.6 Å². The van der Waals surface area contributed by atoms with E-state index in [2.05, 4.69) is 4.98 Å². The molecular weight excluding hydrogens is 592 g/mol. The molecule has 2 nitrogen and oxygen atoms in total. The third-order valence-electron chi connectivity index (χ3n) is 6.33. The van der Waals surface area contributed by atoms with Crippen LogP contribution in [-0.2, 0) is 24.7 Å². The van der Waals surface area contributed by atoms with Crippen LogP contribution in [0.1, 0.15) is 40.3 Å². The van der Waals surface area contributed by atoms with Gasteiger partial charge in [0.15, 0.2) is 0 Å². The summed E-state index contributed by atoms with van der Waals surface area (Å²) in [6.45, 7) is 1.33. The molecule has 0 unspecified atom stereocenters. The summed E-state index contributed by atoms with van der Waals surface area (Å²) in [5.74, 6) is 0. The van der Waals surface area contributed by atoms with Gasteiger partial charge in [0, 0.05) is 17.1 Å². The van der Waals surface area contributed by atoms with Crippen molar-refractivity contribution in [3.05, 3.63) is 100 Å². The topological polar surface area (TPSA) is 38.9 Å². The Hall–Kier alpha value is -4.23. The summed E-state index contributed by atoms with van der Waals surface area (Å²) in [5.41, 5.74) is -1.82. The Balaban J connectivity index is 1.94. The van der Waals surface area contributed by atoms with Crippen LogP contribution in [-0.4, -0.2) is 4.98 Å². The van der Waals surface area contributed by atoms with Crippen LogP contribution < -0.4 is 5.73 Å². The van der Waals surface area contributed by atoms with Gasteiger partial charge in [0.25, 0.3) is 0 Å². The highest BCUT2D eigenvalue weighted by atomic mass is 19.4. The van der Waals surface area contributed by atoms with Crippen molar-refractivity contribution in [3.8, 4) is 11.1 Å². The Bertz CT molecular complexity index is 1630. The van der Waals surface area contributed by atoms with Crippen molar-refractivity contribution >= 4 is 22.2 Å². The number of fused-ring (bicyclic) bond motifs is 1. The van der Waals surface area contributed by atoms with Gasteiger partial charge in [-0.25, -0.2) is 0 Å². The SMILES string of the molecule is C/C=C(/c1cc(C(F)(F)F)cc(C(F)(F)F)c1)c1ccc2c(-c3cc(C(F)(F)F)cc(C(F)(F)F)c3)ccnc2c1N. The zero-order valence-electron chi connectivity index (χ0n) is 20.9. The van der Waals surface area contributed by atoms with Crippen molar-refractivity contribution in [3.63, 3.8) is 0 Å². The van der Waals surface area contributed by atoms with Crippen LogP contribution in [0.5, 0.6) is 0 Å². The molecule has 4 rings (SSSR count). The Morgan fingerprint density at radius 3 is 1.52 bits per heavy atom. The molecule has 3 aromatic carbocycles. The zero-order valence-corrected chi connectivity index (χ0v) is 20.9. The number of pyridine rings is 1. The Morgan fingerprint density at radius 2 is 1.10 bits per heavy atom.